The van der Waals surface area contributed by atoms with Gasteiger partial charge in [-0.05, 0) is 24.3 Å². The number of halogens is 1. The van der Waals surface area contributed by atoms with Crippen LogP contribution in [0, 0.1) is 0 Å². The minimum atomic E-state index is 0.0618. The molecule has 0 unspecified atom stereocenters. The van der Waals surface area contributed by atoms with Gasteiger partial charge in [-0.1, -0.05) is 22.0 Å². The van der Waals surface area contributed by atoms with Crippen molar-refractivity contribution < 1.29 is 9.53 Å². The molecule has 1 aliphatic rings. The number of benzene rings is 1. The van der Waals surface area contributed by atoms with Crippen LogP contribution in [0.5, 0.6) is 5.88 Å². The van der Waals surface area contributed by atoms with E-state index < -0.39 is 0 Å². The van der Waals surface area contributed by atoms with Crippen LogP contribution < -0.4 is 9.64 Å². The van der Waals surface area contributed by atoms with E-state index >= 15 is 0 Å². The zero-order valence-electron chi connectivity index (χ0n) is 12.8. The summed E-state index contributed by atoms with van der Waals surface area (Å²) in [7, 11) is 1.57. The summed E-state index contributed by atoms with van der Waals surface area (Å²) in [6, 6.07) is 11.2. The van der Waals surface area contributed by atoms with E-state index in [9.17, 15) is 4.79 Å². The van der Waals surface area contributed by atoms with Crippen molar-refractivity contribution in [3.05, 3.63) is 46.4 Å². The first-order chi connectivity index (χ1) is 11.2. The number of carbonyl (C=O) groups is 1. The van der Waals surface area contributed by atoms with Crippen LogP contribution in [0.2, 0.25) is 0 Å². The van der Waals surface area contributed by atoms with Crippen LogP contribution >= 0.6 is 15.9 Å². The lowest BCUT2D eigenvalue weighted by Gasteiger charge is -2.35. The van der Waals surface area contributed by atoms with Crippen molar-refractivity contribution in [1.82, 2.24) is 15.1 Å². The molecular formula is C16H17BrN4O2. The summed E-state index contributed by atoms with van der Waals surface area (Å²) >= 11 is 3.40. The van der Waals surface area contributed by atoms with Crippen molar-refractivity contribution in [3.63, 3.8) is 0 Å². The van der Waals surface area contributed by atoms with Crippen LogP contribution in [0.3, 0.4) is 0 Å². The predicted octanol–water partition coefficient (Wildman–Crippen LogP) is 2.21. The van der Waals surface area contributed by atoms with Gasteiger partial charge in [0.25, 0.3) is 5.91 Å². The number of anilines is 1. The zero-order chi connectivity index (χ0) is 16.2. The highest BCUT2D eigenvalue weighted by Crippen LogP contribution is 2.17. The average Bonchev–Trinajstić information content (AvgIpc) is 2.61. The second-order valence-electron chi connectivity index (χ2n) is 5.22. The Labute approximate surface area is 143 Å². The third-order valence-corrected chi connectivity index (χ3v) is 4.29. The standard InChI is InChI=1S/C16H17BrN4O2/c1-23-15-6-5-14(18-19-15)20-7-9-21(10-8-20)16(22)12-3-2-4-13(17)11-12/h2-6,11H,7-10H2,1H3. The molecule has 0 saturated carbocycles. The number of piperazine rings is 1. The van der Waals surface area contributed by atoms with Crippen molar-refractivity contribution in [2.45, 2.75) is 0 Å². The molecule has 23 heavy (non-hydrogen) atoms. The van der Waals surface area contributed by atoms with Crippen LogP contribution in [-0.2, 0) is 0 Å². The van der Waals surface area contributed by atoms with E-state index in [1.54, 1.807) is 13.2 Å². The van der Waals surface area contributed by atoms with E-state index in [1.165, 1.54) is 0 Å². The monoisotopic (exact) mass is 376 g/mol. The zero-order valence-corrected chi connectivity index (χ0v) is 14.4. The first-order valence-corrected chi connectivity index (χ1v) is 8.14. The number of rotatable bonds is 3. The van der Waals surface area contributed by atoms with Gasteiger partial charge in [-0.2, -0.15) is 0 Å². The minimum absolute atomic E-state index is 0.0618. The minimum Gasteiger partial charge on any atom is -0.480 e. The number of carbonyl (C=O) groups excluding carboxylic acids is 1. The molecule has 1 aliphatic heterocycles. The fourth-order valence-corrected chi connectivity index (χ4v) is 2.93. The Morgan fingerprint density at radius 1 is 1.13 bits per heavy atom. The summed E-state index contributed by atoms with van der Waals surface area (Å²) in [5, 5.41) is 8.14. The number of amides is 1. The third kappa shape index (κ3) is 3.61. The highest BCUT2D eigenvalue weighted by molar-refractivity contribution is 9.10. The van der Waals surface area contributed by atoms with Crippen molar-refractivity contribution >= 4 is 27.7 Å². The van der Waals surface area contributed by atoms with Gasteiger partial charge in [-0.25, -0.2) is 0 Å². The van der Waals surface area contributed by atoms with E-state index in [-0.39, 0.29) is 5.91 Å². The van der Waals surface area contributed by atoms with Crippen LogP contribution in [0.25, 0.3) is 0 Å². The molecule has 0 aliphatic carbocycles. The summed E-state index contributed by atoms with van der Waals surface area (Å²) < 4.78 is 5.93. The topological polar surface area (TPSA) is 58.6 Å². The molecule has 1 saturated heterocycles. The Balaban J connectivity index is 1.62. The molecule has 3 rings (SSSR count). The number of aromatic nitrogens is 2. The lowest BCUT2D eigenvalue weighted by Crippen LogP contribution is -2.49. The van der Waals surface area contributed by atoms with Crippen LogP contribution in [0.15, 0.2) is 40.9 Å². The van der Waals surface area contributed by atoms with Crippen LogP contribution in [-0.4, -0.2) is 54.3 Å². The quantitative estimate of drug-likeness (QED) is 0.821. The molecule has 2 aromatic rings. The Hall–Kier alpha value is -2.15. The fraction of sp³-hybridized carbons (Fsp3) is 0.312. The summed E-state index contributed by atoms with van der Waals surface area (Å²) in [6.45, 7) is 2.81. The fourth-order valence-electron chi connectivity index (χ4n) is 2.53. The van der Waals surface area contributed by atoms with E-state index in [4.69, 9.17) is 4.74 Å². The summed E-state index contributed by atoms with van der Waals surface area (Å²) in [5.41, 5.74) is 0.706. The first-order valence-electron chi connectivity index (χ1n) is 7.35. The maximum absolute atomic E-state index is 12.5. The lowest BCUT2D eigenvalue weighted by atomic mass is 10.2. The molecule has 6 nitrogen and oxygen atoms in total. The van der Waals surface area contributed by atoms with E-state index in [1.807, 2.05) is 35.2 Å². The smallest absolute Gasteiger partial charge is 0.254 e. The number of hydrogen-bond donors (Lipinski definition) is 0. The van der Waals surface area contributed by atoms with Crippen molar-refractivity contribution in [2.24, 2.45) is 0 Å². The Morgan fingerprint density at radius 3 is 2.52 bits per heavy atom. The molecule has 0 atom stereocenters. The van der Waals surface area contributed by atoms with Gasteiger partial charge in [-0.3, -0.25) is 4.79 Å². The van der Waals surface area contributed by atoms with Gasteiger partial charge in [0.2, 0.25) is 5.88 Å². The number of ether oxygens (including phenoxy) is 1. The SMILES string of the molecule is COc1ccc(N2CCN(C(=O)c3cccc(Br)c3)CC2)nn1. The van der Waals surface area contributed by atoms with Gasteiger partial charge in [0.05, 0.1) is 7.11 Å². The summed E-state index contributed by atoms with van der Waals surface area (Å²) in [4.78, 5) is 16.5. The van der Waals surface area contributed by atoms with Gasteiger partial charge >= 0.3 is 0 Å². The van der Waals surface area contributed by atoms with Gasteiger partial charge in [0, 0.05) is 42.3 Å². The number of hydrogen-bond acceptors (Lipinski definition) is 5. The first kappa shape index (κ1) is 15.7. The Morgan fingerprint density at radius 2 is 1.91 bits per heavy atom. The van der Waals surface area contributed by atoms with Crippen molar-refractivity contribution in [3.8, 4) is 5.88 Å². The molecule has 1 fully saturated rings. The normalized spacial score (nSPS) is 14.7. The predicted molar refractivity (Wildman–Crippen MR) is 90.8 cm³/mol. The highest BCUT2D eigenvalue weighted by atomic mass is 79.9. The maximum Gasteiger partial charge on any atom is 0.254 e. The summed E-state index contributed by atoms with van der Waals surface area (Å²) in [5.74, 6) is 1.37. The molecule has 120 valence electrons. The molecular weight excluding hydrogens is 360 g/mol. The average molecular weight is 377 g/mol. The maximum atomic E-state index is 12.5. The Kier molecular flexibility index (Phi) is 4.76. The molecule has 0 bridgehead atoms. The van der Waals surface area contributed by atoms with E-state index in [0.29, 0.717) is 24.5 Å². The third-order valence-electron chi connectivity index (χ3n) is 3.80. The summed E-state index contributed by atoms with van der Waals surface area (Å²) in [6.07, 6.45) is 0. The molecule has 0 N–H and O–H groups in total. The van der Waals surface area contributed by atoms with Gasteiger partial charge in [-0.15, -0.1) is 10.2 Å². The Bertz CT molecular complexity index is 685. The van der Waals surface area contributed by atoms with Gasteiger partial charge in [0.1, 0.15) is 0 Å². The molecule has 0 spiro atoms. The van der Waals surface area contributed by atoms with Crippen LogP contribution in [0.4, 0.5) is 5.82 Å². The molecule has 7 heteroatoms. The molecule has 0 radical (unpaired) electrons. The van der Waals surface area contributed by atoms with Gasteiger partial charge < -0.3 is 14.5 Å². The second-order valence-corrected chi connectivity index (χ2v) is 6.14. The lowest BCUT2D eigenvalue weighted by molar-refractivity contribution is 0.0746. The van der Waals surface area contributed by atoms with Crippen LogP contribution in [0.1, 0.15) is 10.4 Å². The molecule has 1 amide bonds. The van der Waals surface area contributed by atoms with Crippen molar-refractivity contribution in [2.75, 3.05) is 38.2 Å². The highest BCUT2D eigenvalue weighted by Gasteiger charge is 2.23. The molecule has 2 heterocycles. The van der Waals surface area contributed by atoms with E-state index in [2.05, 4.69) is 31.0 Å². The largest absolute Gasteiger partial charge is 0.480 e. The molecule has 1 aromatic carbocycles. The van der Waals surface area contributed by atoms with Crippen molar-refractivity contribution in [1.29, 1.82) is 0 Å². The van der Waals surface area contributed by atoms with Gasteiger partial charge in [0.15, 0.2) is 5.82 Å². The number of methoxy groups -OCH3 is 1. The molecule has 1 aromatic heterocycles. The number of nitrogens with zero attached hydrogens (tertiary/aromatic N) is 4. The van der Waals surface area contributed by atoms with E-state index in [0.717, 1.165) is 23.4 Å². The second kappa shape index (κ2) is 6.95.